The molecule has 1 aromatic heterocycles. The lowest BCUT2D eigenvalue weighted by Gasteiger charge is -2.07. The van der Waals surface area contributed by atoms with Crippen LogP contribution in [0.25, 0.3) is 0 Å². The fourth-order valence-electron chi connectivity index (χ4n) is 2.01. The predicted molar refractivity (Wildman–Crippen MR) is 83.0 cm³/mol. The van der Waals surface area contributed by atoms with Gasteiger partial charge in [0.2, 0.25) is 0 Å². The van der Waals surface area contributed by atoms with E-state index in [1.807, 2.05) is 32.0 Å². The molecule has 21 heavy (non-hydrogen) atoms. The molecule has 0 aliphatic rings. The molecule has 0 fully saturated rings. The molecule has 0 aliphatic carbocycles. The summed E-state index contributed by atoms with van der Waals surface area (Å²) in [6.45, 7) is 4.12. The summed E-state index contributed by atoms with van der Waals surface area (Å²) in [6.07, 6.45) is 0. The van der Waals surface area contributed by atoms with E-state index in [9.17, 15) is 4.79 Å². The van der Waals surface area contributed by atoms with Gasteiger partial charge in [0.15, 0.2) is 0 Å². The zero-order valence-corrected chi connectivity index (χ0v) is 12.4. The molecule has 0 aliphatic heterocycles. The molecule has 0 saturated carbocycles. The lowest BCUT2D eigenvalue weighted by molar-refractivity contribution is 0.102. The summed E-state index contributed by atoms with van der Waals surface area (Å²) < 4.78 is 1.64. The van der Waals surface area contributed by atoms with E-state index >= 15 is 0 Å². The lowest BCUT2D eigenvalue weighted by Crippen LogP contribution is -2.14. The van der Waals surface area contributed by atoms with Gasteiger partial charge in [-0.3, -0.25) is 9.48 Å². The molecule has 3 N–H and O–H groups in total. The molecule has 1 amide bonds. The number of rotatable bonds is 2. The third-order valence-corrected chi connectivity index (χ3v) is 3.06. The highest BCUT2D eigenvalue weighted by molar-refractivity contribution is 6.04. The summed E-state index contributed by atoms with van der Waals surface area (Å²) >= 11 is 0. The maximum atomic E-state index is 12.2. The first kappa shape index (κ1) is 14.8. The largest absolute Gasteiger partial charge is 0.320 e. The van der Waals surface area contributed by atoms with Crippen LogP contribution in [0.4, 0.5) is 5.82 Å². The predicted octanol–water partition coefficient (Wildman–Crippen LogP) is 1.60. The van der Waals surface area contributed by atoms with Gasteiger partial charge < -0.3 is 11.1 Å². The van der Waals surface area contributed by atoms with Crippen LogP contribution in [0, 0.1) is 25.7 Å². The Kier molecular flexibility index (Phi) is 4.41. The summed E-state index contributed by atoms with van der Waals surface area (Å²) in [5.41, 5.74) is 8.64. The van der Waals surface area contributed by atoms with E-state index < -0.39 is 0 Å². The van der Waals surface area contributed by atoms with Crippen molar-refractivity contribution in [1.82, 2.24) is 9.78 Å². The molecule has 0 radical (unpaired) electrons. The van der Waals surface area contributed by atoms with Crippen molar-refractivity contribution in [2.24, 2.45) is 12.8 Å². The van der Waals surface area contributed by atoms with Crippen molar-refractivity contribution in [1.29, 1.82) is 0 Å². The van der Waals surface area contributed by atoms with Gasteiger partial charge in [0.25, 0.3) is 5.91 Å². The second-order valence-electron chi connectivity index (χ2n) is 4.78. The number of nitrogens with two attached hydrogens (primary N) is 1. The summed E-state index contributed by atoms with van der Waals surface area (Å²) in [4.78, 5) is 12.2. The van der Waals surface area contributed by atoms with Crippen molar-refractivity contribution in [3.63, 3.8) is 0 Å². The Bertz CT molecular complexity index is 734. The number of carbonyl (C=O) groups is 1. The number of amides is 1. The van der Waals surface area contributed by atoms with Crippen molar-refractivity contribution >= 4 is 11.7 Å². The Labute approximate surface area is 124 Å². The first-order valence-corrected chi connectivity index (χ1v) is 6.63. The van der Waals surface area contributed by atoms with Crippen LogP contribution >= 0.6 is 0 Å². The van der Waals surface area contributed by atoms with Crippen molar-refractivity contribution < 1.29 is 4.79 Å². The number of anilines is 1. The summed E-state index contributed by atoms with van der Waals surface area (Å²) in [6, 6.07) is 7.23. The minimum absolute atomic E-state index is 0.167. The van der Waals surface area contributed by atoms with Gasteiger partial charge in [0, 0.05) is 24.2 Å². The van der Waals surface area contributed by atoms with Crippen LogP contribution in [-0.4, -0.2) is 22.2 Å². The minimum Gasteiger partial charge on any atom is -0.320 e. The average molecular weight is 282 g/mol. The smallest absolute Gasteiger partial charge is 0.256 e. The Morgan fingerprint density at radius 2 is 2.14 bits per heavy atom. The van der Waals surface area contributed by atoms with E-state index in [2.05, 4.69) is 22.3 Å². The summed E-state index contributed by atoms with van der Waals surface area (Å²) in [7, 11) is 1.79. The minimum atomic E-state index is -0.167. The van der Waals surface area contributed by atoms with Crippen molar-refractivity contribution in [2.75, 3.05) is 11.9 Å². The molecule has 2 rings (SSSR count). The molecule has 108 valence electrons. The van der Waals surface area contributed by atoms with Crippen molar-refractivity contribution in [3.05, 3.63) is 46.6 Å². The molecule has 0 atom stereocenters. The Morgan fingerprint density at radius 3 is 2.71 bits per heavy atom. The molecule has 5 nitrogen and oxygen atoms in total. The number of benzene rings is 1. The number of aromatic nitrogens is 2. The topological polar surface area (TPSA) is 72.9 Å². The van der Waals surface area contributed by atoms with Gasteiger partial charge in [-0.15, -0.1) is 0 Å². The number of carbonyl (C=O) groups excluding carboxylic acids is 1. The Balaban J connectivity index is 2.20. The average Bonchev–Trinajstić information content (AvgIpc) is 2.75. The highest BCUT2D eigenvalue weighted by Crippen LogP contribution is 2.13. The van der Waals surface area contributed by atoms with Crippen LogP contribution in [0.15, 0.2) is 24.3 Å². The molecule has 1 heterocycles. The second-order valence-corrected chi connectivity index (χ2v) is 4.78. The molecule has 0 spiro atoms. The molecule has 5 heteroatoms. The molecule has 2 aromatic rings. The quantitative estimate of drug-likeness (QED) is 0.822. The lowest BCUT2D eigenvalue weighted by atomic mass is 10.0. The highest BCUT2D eigenvalue weighted by atomic mass is 16.1. The van der Waals surface area contributed by atoms with Gasteiger partial charge in [0.05, 0.1) is 12.2 Å². The maximum absolute atomic E-state index is 12.2. The summed E-state index contributed by atoms with van der Waals surface area (Å²) in [5, 5.41) is 7.04. The van der Waals surface area contributed by atoms with Crippen LogP contribution in [0.2, 0.25) is 0 Å². The number of hydrogen-bond donors (Lipinski definition) is 2. The SMILES string of the molecule is Cc1cc(NC(=O)c2ccc(C#CCN)c(C)c2)n(C)n1. The first-order chi connectivity index (χ1) is 10.0. The number of aryl methyl sites for hydroxylation is 3. The van der Waals surface area contributed by atoms with Crippen LogP contribution in [-0.2, 0) is 7.05 Å². The van der Waals surface area contributed by atoms with Gasteiger partial charge in [-0.1, -0.05) is 11.8 Å². The molecular weight excluding hydrogens is 264 g/mol. The molecule has 0 saturated heterocycles. The summed E-state index contributed by atoms with van der Waals surface area (Å²) in [5.74, 6) is 6.29. The van der Waals surface area contributed by atoms with E-state index in [1.54, 1.807) is 17.8 Å². The fourth-order valence-corrected chi connectivity index (χ4v) is 2.01. The molecule has 0 bridgehead atoms. The maximum Gasteiger partial charge on any atom is 0.256 e. The van der Waals surface area contributed by atoms with Gasteiger partial charge in [-0.05, 0) is 37.6 Å². The van der Waals surface area contributed by atoms with Gasteiger partial charge in [-0.25, -0.2) is 0 Å². The van der Waals surface area contributed by atoms with Crippen LogP contribution in [0.1, 0.15) is 27.2 Å². The van der Waals surface area contributed by atoms with E-state index in [-0.39, 0.29) is 5.91 Å². The standard InChI is InChI=1S/C16H18N4O/c1-11-9-14(7-6-13(11)5-4-8-17)16(21)18-15-10-12(2)19-20(15)3/h6-7,9-10H,8,17H2,1-3H3,(H,18,21). The van der Waals surface area contributed by atoms with E-state index in [0.29, 0.717) is 17.9 Å². The third kappa shape index (κ3) is 3.50. The number of nitrogens with one attached hydrogen (secondary N) is 1. The van der Waals surface area contributed by atoms with Crippen molar-refractivity contribution in [3.8, 4) is 11.8 Å². The normalized spacial score (nSPS) is 9.90. The second kappa shape index (κ2) is 6.25. The Morgan fingerprint density at radius 1 is 1.38 bits per heavy atom. The highest BCUT2D eigenvalue weighted by Gasteiger charge is 2.10. The molecule has 0 unspecified atom stereocenters. The number of hydrogen-bond acceptors (Lipinski definition) is 3. The fraction of sp³-hybridized carbons (Fsp3) is 0.250. The zero-order valence-electron chi connectivity index (χ0n) is 12.4. The van der Waals surface area contributed by atoms with Gasteiger partial charge >= 0.3 is 0 Å². The Hall–Kier alpha value is -2.58. The van der Waals surface area contributed by atoms with Crippen LogP contribution < -0.4 is 11.1 Å². The van der Waals surface area contributed by atoms with E-state index in [1.165, 1.54) is 0 Å². The van der Waals surface area contributed by atoms with Crippen molar-refractivity contribution in [2.45, 2.75) is 13.8 Å². The number of nitrogens with zero attached hydrogens (tertiary/aromatic N) is 2. The van der Waals surface area contributed by atoms with Crippen LogP contribution in [0.3, 0.4) is 0 Å². The monoisotopic (exact) mass is 282 g/mol. The van der Waals surface area contributed by atoms with E-state index in [0.717, 1.165) is 16.8 Å². The van der Waals surface area contributed by atoms with E-state index in [4.69, 9.17) is 5.73 Å². The van der Waals surface area contributed by atoms with Gasteiger partial charge in [-0.2, -0.15) is 5.10 Å². The van der Waals surface area contributed by atoms with Gasteiger partial charge in [0.1, 0.15) is 5.82 Å². The zero-order chi connectivity index (χ0) is 15.4. The first-order valence-electron chi connectivity index (χ1n) is 6.63. The van der Waals surface area contributed by atoms with Crippen LogP contribution in [0.5, 0.6) is 0 Å². The molecular formula is C16H18N4O. The third-order valence-electron chi connectivity index (χ3n) is 3.06. The molecule has 1 aromatic carbocycles.